The molecule has 144 valence electrons. The molecule has 1 aromatic heterocycles. The van der Waals surface area contributed by atoms with Gasteiger partial charge in [-0.2, -0.15) is 0 Å². The molecule has 1 aromatic rings. The maximum Gasteiger partial charge on any atom is 0.169 e. The average molecular weight is 349 g/mol. The first-order chi connectivity index (χ1) is 12.4. The third-order valence-electron chi connectivity index (χ3n) is 5.13. The summed E-state index contributed by atoms with van der Waals surface area (Å²) >= 11 is 0. The van der Waals surface area contributed by atoms with Gasteiger partial charge in [-0.3, -0.25) is 0 Å². The molecule has 0 aliphatic carbocycles. The van der Waals surface area contributed by atoms with E-state index in [2.05, 4.69) is 36.0 Å². The highest BCUT2D eigenvalue weighted by Gasteiger charge is 2.01. The minimum atomic E-state index is 0.239. The highest BCUT2D eigenvalue weighted by molar-refractivity contribution is 5.07. The molecule has 1 N–H and O–H groups in total. The SMILES string of the molecule is CCCCCCCCCCCCCCCC[n+]1ccc(CCO)cc1. The molecule has 0 bridgehead atoms. The zero-order valence-electron chi connectivity index (χ0n) is 16.7. The smallest absolute Gasteiger partial charge is 0.169 e. The van der Waals surface area contributed by atoms with Crippen molar-refractivity contribution in [1.29, 1.82) is 0 Å². The Balaban J connectivity index is 1.83. The zero-order valence-corrected chi connectivity index (χ0v) is 16.7. The first-order valence-corrected chi connectivity index (χ1v) is 11.0. The normalized spacial score (nSPS) is 11.1. The van der Waals surface area contributed by atoms with E-state index in [1.165, 1.54) is 95.5 Å². The molecule has 2 heteroatoms. The van der Waals surface area contributed by atoms with Crippen molar-refractivity contribution < 1.29 is 9.67 Å². The number of aryl methyl sites for hydroxylation is 1. The summed E-state index contributed by atoms with van der Waals surface area (Å²) < 4.78 is 2.27. The Morgan fingerprint density at radius 2 is 1.12 bits per heavy atom. The molecule has 0 aromatic carbocycles. The van der Waals surface area contributed by atoms with Gasteiger partial charge in [0.05, 0.1) is 0 Å². The monoisotopic (exact) mass is 348 g/mol. The van der Waals surface area contributed by atoms with Crippen molar-refractivity contribution in [3.05, 3.63) is 30.1 Å². The largest absolute Gasteiger partial charge is 0.396 e. The van der Waals surface area contributed by atoms with Crippen LogP contribution in [-0.2, 0) is 13.0 Å². The molecule has 0 aliphatic rings. The Morgan fingerprint density at radius 3 is 1.56 bits per heavy atom. The number of aliphatic hydroxyl groups is 1. The fraction of sp³-hybridized carbons (Fsp3) is 0.783. The van der Waals surface area contributed by atoms with Gasteiger partial charge in [0.2, 0.25) is 0 Å². The summed E-state index contributed by atoms with van der Waals surface area (Å²) in [6.07, 6.45) is 24.9. The predicted octanol–water partition coefficient (Wildman–Crippen LogP) is 5.99. The van der Waals surface area contributed by atoms with Gasteiger partial charge in [0.15, 0.2) is 12.4 Å². The Kier molecular flexibility index (Phi) is 14.7. The lowest BCUT2D eigenvalue weighted by atomic mass is 10.0. The van der Waals surface area contributed by atoms with Gasteiger partial charge < -0.3 is 5.11 Å². The zero-order chi connectivity index (χ0) is 18.0. The van der Waals surface area contributed by atoms with Crippen LogP contribution in [0.5, 0.6) is 0 Å². The number of hydrogen-bond donors (Lipinski definition) is 1. The van der Waals surface area contributed by atoms with Crippen LogP contribution in [-0.4, -0.2) is 11.7 Å². The summed E-state index contributed by atoms with van der Waals surface area (Å²) in [5.74, 6) is 0. The Labute approximate surface area is 156 Å². The molecule has 0 radical (unpaired) electrons. The summed E-state index contributed by atoms with van der Waals surface area (Å²) in [4.78, 5) is 0. The first kappa shape index (κ1) is 22.2. The summed E-state index contributed by atoms with van der Waals surface area (Å²) in [6.45, 7) is 3.65. The van der Waals surface area contributed by atoms with Crippen LogP contribution in [0.1, 0.15) is 102 Å². The van der Waals surface area contributed by atoms with E-state index in [4.69, 9.17) is 5.11 Å². The highest BCUT2D eigenvalue weighted by atomic mass is 16.2. The van der Waals surface area contributed by atoms with Gasteiger partial charge in [0.1, 0.15) is 6.54 Å². The van der Waals surface area contributed by atoms with Crippen molar-refractivity contribution in [3.63, 3.8) is 0 Å². The third-order valence-corrected chi connectivity index (χ3v) is 5.13. The van der Waals surface area contributed by atoms with Crippen molar-refractivity contribution in [2.75, 3.05) is 6.61 Å². The summed E-state index contributed by atoms with van der Waals surface area (Å²) in [5, 5.41) is 8.93. The highest BCUT2D eigenvalue weighted by Crippen LogP contribution is 2.12. The van der Waals surface area contributed by atoms with E-state index < -0.39 is 0 Å². The first-order valence-electron chi connectivity index (χ1n) is 11.0. The fourth-order valence-corrected chi connectivity index (χ4v) is 3.42. The minimum absolute atomic E-state index is 0.239. The van der Waals surface area contributed by atoms with Gasteiger partial charge in [0.25, 0.3) is 0 Å². The Hall–Kier alpha value is -0.890. The molecule has 0 atom stereocenters. The molecule has 0 amide bonds. The molecule has 1 rings (SSSR count). The number of nitrogens with zero attached hydrogens (tertiary/aromatic N) is 1. The van der Waals surface area contributed by atoms with Gasteiger partial charge in [-0.15, -0.1) is 0 Å². The quantitative estimate of drug-likeness (QED) is 0.271. The van der Waals surface area contributed by atoms with E-state index in [1.54, 1.807) is 0 Å². The molecular weight excluding hydrogens is 306 g/mol. The van der Waals surface area contributed by atoms with Crippen LogP contribution in [0, 0.1) is 0 Å². The second-order valence-corrected chi connectivity index (χ2v) is 7.51. The van der Waals surface area contributed by atoms with Crippen molar-refractivity contribution >= 4 is 0 Å². The molecule has 0 saturated carbocycles. The lowest BCUT2D eigenvalue weighted by Crippen LogP contribution is -2.32. The molecule has 1 heterocycles. The van der Waals surface area contributed by atoms with Gasteiger partial charge in [-0.25, -0.2) is 4.57 Å². The van der Waals surface area contributed by atoms with Crippen LogP contribution < -0.4 is 4.57 Å². The maximum absolute atomic E-state index is 8.93. The van der Waals surface area contributed by atoms with E-state index in [1.807, 2.05) is 0 Å². The van der Waals surface area contributed by atoms with E-state index in [9.17, 15) is 0 Å². The van der Waals surface area contributed by atoms with Gasteiger partial charge in [-0.05, 0) is 18.4 Å². The number of pyridine rings is 1. The van der Waals surface area contributed by atoms with Gasteiger partial charge in [-0.1, -0.05) is 84.0 Å². The summed E-state index contributed by atoms with van der Waals surface area (Å²) in [6, 6.07) is 4.25. The molecule has 25 heavy (non-hydrogen) atoms. The number of unbranched alkanes of at least 4 members (excludes halogenated alkanes) is 13. The summed E-state index contributed by atoms with van der Waals surface area (Å²) in [5.41, 5.74) is 1.22. The van der Waals surface area contributed by atoms with Crippen molar-refractivity contribution in [2.24, 2.45) is 0 Å². The number of rotatable bonds is 17. The predicted molar refractivity (Wildman–Crippen MR) is 108 cm³/mol. The van der Waals surface area contributed by atoms with Crippen LogP contribution in [0.2, 0.25) is 0 Å². The van der Waals surface area contributed by atoms with E-state index in [-0.39, 0.29) is 6.61 Å². The van der Waals surface area contributed by atoms with Crippen LogP contribution in [0.4, 0.5) is 0 Å². The average Bonchev–Trinajstić information content (AvgIpc) is 2.63. The number of hydrogen-bond acceptors (Lipinski definition) is 1. The van der Waals surface area contributed by atoms with Crippen LogP contribution in [0.15, 0.2) is 24.5 Å². The van der Waals surface area contributed by atoms with E-state index in [0.717, 1.165) is 13.0 Å². The molecule has 0 spiro atoms. The third kappa shape index (κ3) is 13.0. The molecule has 0 unspecified atom stereocenters. The lowest BCUT2D eigenvalue weighted by Gasteiger charge is -2.03. The second kappa shape index (κ2) is 16.6. The molecule has 0 saturated heterocycles. The molecule has 0 aliphatic heterocycles. The molecule has 2 nitrogen and oxygen atoms in total. The van der Waals surface area contributed by atoms with Crippen LogP contribution in [0.25, 0.3) is 0 Å². The summed E-state index contributed by atoms with van der Waals surface area (Å²) in [7, 11) is 0. The topological polar surface area (TPSA) is 24.1 Å². The number of aliphatic hydroxyl groups excluding tert-OH is 1. The maximum atomic E-state index is 8.93. The minimum Gasteiger partial charge on any atom is -0.396 e. The van der Waals surface area contributed by atoms with E-state index >= 15 is 0 Å². The Morgan fingerprint density at radius 1 is 0.680 bits per heavy atom. The van der Waals surface area contributed by atoms with Crippen molar-refractivity contribution in [3.8, 4) is 0 Å². The standard InChI is InChI=1S/C23H42NO/c1-2-3-4-5-6-7-8-9-10-11-12-13-14-15-19-24-20-16-23(17-21-24)18-22-25/h16-17,20-21,25H,2-15,18-19,22H2,1H3/q+1. The van der Waals surface area contributed by atoms with Gasteiger partial charge in [0, 0.05) is 25.2 Å². The number of aromatic nitrogens is 1. The lowest BCUT2D eigenvalue weighted by molar-refractivity contribution is -0.697. The van der Waals surface area contributed by atoms with Crippen LogP contribution >= 0.6 is 0 Å². The fourth-order valence-electron chi connectivity index (χ4n) is 3.42. The van der Waals surface area contributed by atoms with E-state index in [0.29, 0.717) is 0 Å². The Bertz CT molecular complexity index is 388. The molecular formula is C23H42NO+. The van der Waals surface area contributed by atoms with Crippen LogP contribution in [0.3, 0.4) is 0 Å². The molecule has 0 fully saturated rings. The van der Waals surface area contributed by atoms with Crippen molar-refractivity contribution in [1.82, 2.24) is 0 Å². The van der Waals surface area contributed by atoms with Crippen molar-refractivity contribution in [2.45, 2.75) is 110 Å². The van der Waals surface area contributed by atoms with Gasteiger partial charge >= 0.3 is 0 Å². The second-order valence-electron chi connectivity index (χ2n) is 7.51.